The standard InChI is InChI=1S/C29H30O/c1-30-20-26-19-23-12-6-8-14-28(23)29(26)25-17-22-11-5-7-13-27(22)24(18-25)16-15-21-9-3-2-4-10-21/h2-4,6,8-10,12,14,17-19,29H,5,7,11,13,15-16,20H2,1H3. The Kier molecular flexibility index (Phi) is 5.55. The number of methoxy groups -OCH3 is 1. The van der Waals surface area contributed by atoms with Crippen LogP contribution in [0, 0.1) is 0 Å². The van der Waals surface area contributed by atoms with Crippen LogP contribution in [0.4, 0.5) is 0 Å². The summed E-state index contributed by atoms with van der Waals surface area (Å²) in [5.74, 6) is 0.323. The molecule has 2 aliphatic rings. The van der Waals surface area contributed by atoms with Gasteiger partial charge in [0, 0.05) is 13.0 Å². The van der Waals surface area contributed by atoms with Gasteiger partial charge in [0.05, 0.1) is 6.61 Å². The minimum absolute atomic E-state index is 0.323. The van der Waals surface area contributed by atoms with Gasteiger partial charge < -0.3 is 4.74 Å². The third-order valence-electron chi connectivity index (χ3n) is 6.77. The highest BCUT2D eigenvalue weighted by Crippen LogP contribution is 2.42. The van der Waals surface area contributed by atoms with Gasteiger partial charge in [0.15, 0.2) is 0 Å². The molecule has 0 spiro atoms. The number of hydrogen-bond donors (Lipinski definition) is 0. The SMILES string of the molecule is COCC1=Cc2ccccc2C1c1cc2c(c(CCc3ccccc3)c1)CCCC2. The van der Waals surface area contributed by atoms with Gasteiger partial charge in [-0.2, -0.15) is 0 Å². The summed E-state index contributed by atoms with van der Waals surface area (Å²) in [6.45, 7) is 0.690. The van der Waals surface area contributed by atoms with E-state index in [1.54, 1.807) is 23.8 Å². The Morgan fingerprint density at radius 2 is 1.67 bits per heavy atom. The molecular formula is C29H30O. The molecule has 0 aromatic heterocycles. The van der Waals surface area contributed by atoms with E-state index >= 15 is 0 Å². The van der Waals surface area contributed by atoms with Crippen LogP contribution in [0.15, 0.2) is 72.3 Å². The third-order valence-corrected chi connectivity index (χ3v) is 6.77. The van der Waals surface area contributed by atoms with Crippen LogP contribution in [0.1, 0.15) is 57.7 Å². The number of benzene rings is 3. The third kappa shape index (κ3) is 3.75. The molecule has 1 unspecified atom stereocenters. The zero-order chi connectivity index (χ0) is 20.3. The fourth-order valence-corrected chi connectivity index (χ4v) is 5.37. The number of ether oxygens (including phenoxy) is 1. The first-order valence-electron chi connectivity index (χ1n) is 11.3. The van der Waals surface area contributed by atoms with Crippen LogP contribution < -0.4 is 0 Å². The summed E-state index contributed by atoms with van der Waals surface area (Å²) < 4.78 is 5.59. The van der Waals surface area contributed by atoms with Gasteiger partial charge >= 0.3 is 0 Å². The summed E-state index contributed by atoms with van der Waals surface area (Å²) in [6.07, 6.45) is 9.67. The van der Waals surface area contributed by atoms with Crippen LogP contribution in [0.25, 0.3) is 6.08 Å². The maximum atomic E-state index is 5.59. The molecule has 152 valence electrons. The highest BCUT2D eigenvalue weighted by Gasteiger charge is 2.28. The van der Waals surface area contributed by atoms with Crippen LogP contribution in [0.5, 0.6) is 0 Å². The van der Waals surface area contributed by atoms with E-state index in [-0.39, 0.29) is 0 Å². The summed E-state index contributed by atoms with van der Waals surface area (Å²) in [7, 11) is 1.80. The largest absolute Gasteiger partial charge is 0.380 e. The van der Waals surface area contributed by atoms with Crippen LogP contribution >= 0.6 is 0 Å². The molecule has 1 heteroatoms. The van der Waals surface area contributed by atoms with Gasteiger partial charge in [0.1, 0.15) is 0 Å². The molecule has 1 atom stereocenters. The predicted octanol–water partition coefficient (Wildman–Crippen LogP) is 6.53. The lowest BCUT2D eigenvalue weighted by Crippen LogP contribution is -2.12. The van der Waals surface area contributed by atoms with Crippen molar-refractivity contribution in [2.45, 2.75) is 44.4 Å². The van der Waals surface area contributed by atoms with E-state index in [1.807, 2.05) is 0 Å². The topological polar surface area (TPSA) is 9.23 Å². The van der Waals surface area contributed by atoms with Crippen molar-refractivity contribution in [3.8, 4) is 0 Å². The molecule has 0 saturated carbocycles. The van der Waals surface area contributed by atoms with E-state index in [4.69, 9.17) is 4.74 Å². The lowest BCUT2D eigenvalue weighted by atomic mass is 9.80. The fourth-order valence-electron chi connectivity index (χ4n) is 5.37. The molecule has 2 aliphatic carbocycles. The van der Waals surface area contributed by atoms with Crippen molar-refractivity contribution in [3.05, 3.63) is 111 Å². The first kappa shape index (κ1) is 19.3. The molecule has 0 saturated heterocycles. The molecule has 5 rings (SSSR count). The van der Waals surface area contributed by atoms with E-state index in [0.717, 1.165) is 12.8 Å². The average Bonchev–Trinajstić information content (AvgIpc) is 3.16. The average molecular weight is 395 g/mol. The Morgan fingerprint density at radius 1 is 0.867 bits per heavy atom. The number of fused-ring (bicyclic) bond motifs is 2. The molecule has 0 heterocycles. The van der Waals surface area contributed by atoms with Gasteiger partial charge in [-0.1, -0.05) is 72.8 Å². The lowest BCUT2D eigenvalue weighted by Gasteiger charge is -2.25. The summed E-state index contributed by atoms with van der Waals surface area (Å²) in [6, 6.07) is 24.8. The lowest BCUT2D eigenvalue weighted by molar-refractivity contribution is 0.223. The number of rotatable bonds is 6. The van der Waals surface area contributed by atoms with Crippen LogP contribution in [-0.2, 0) is 30.4 Å². The van der Waals surface area contributed by atoms with Gasteiger partial charge in [0.2, 0.25) is 0 Å². The van der Waals surface area contributed by atoms with E-state index in [0.29, 0.717) is 12.5 Å². The number of hydrogen-bond acceptors (Lipinski definition) is 1. The minimum Gasteiger partial charge on any atom is -0.380 e. The molecule has 0 N–H and O–H groups in total. The zero-order valence-corrected chi connectivity index (χ0v) is 17.9. The van der Waals surface area contributed by atoms with Crippen molar-refractivity contribution in [1.82, 2.24) is 0 Å². The second kappa shape index (κ2) is 8.62. The molecule has 1 nitrogen and oxygen atoms in total. The maximum absolute atomic E-state index is 5.59. The smallest absolute Gasteiger partial charge is 0.0685 e. The normalized spacial score (nSPS) is 17.4. The van der Waals surface area contributed by atoms with E-state index in [1.165, 1.54) is 53.5 Å². The Hall–Kier alpha value is -2.64. The van der Waals surface area contributed by atoms with Crippen LogP contribution in [-0.4, -0.2) is 13.7 Å². The molecule has 0 amide bonds. The van der Waals surface area contributed by atoms with Gasteiger partial charge in [-0.3, -0.25) is 0 Å². The second-order valence-electron chi connectivity index (χ2n) is 8.72. The summed E-state index contributed by atoms with van der Waals surface area (Å²) >= 11 is 0. The van der Waals surface area contributed by atoms with Gasteiger partial charge in [0.25, 0.3) is 0 Å². The summed E-state index contributed by atoms with van der Waals surface area (Å²) in [5.41, 5.74) is 11.8. The Bertz CT molecular complexity index is 1060. The first-order chi connectivity index (χ1) is 14.8. The summed E-state index contributed by atoms with van der Waals surface area (Å²) in [4.78, 5) is 0. The van der Waals surface area contributed by atoms with Crippen LogP contribution in [0.3, 0.4) is 0 Å². The van der Waals surface area contributed by atoms with Gasteiger partial charge in [-0.15, -0.1) is 0 Å². The van der Waals surface area contributed by atoms with Crippen molar-refractivity contribution in [1.29, 1.82) is 0 Å². The molecule has 0 radical (unpaired) electrons. The van der Waals surface area contributed by atoms with Crippen molar-refractivity contribution < 1.29 is 4.74 Å². The van der Waals surface area contributed by atoms with E-state index in [2.05, 4.69) is 72.8 Å². The number of aryl methyl sites for hydroxylation is 3. The molecular weight excluding hydrogens is 364 g/mol. The molecule has 3 aromatic carbocycles. The second-order valence-corrected chi connectivity index (χ2v) is 8.72. The fraction of sp³-hybridized carbons (Fsp3) is 0.310. The molecule has 0 bridgehead atoms. The molecule has 3 aromatic rings. The van der Waals surface area contributed by atoms with Crippen molar-refractivity contribution in [2.24, 2.45) is 0 Å². The Balaban J connectivity index is 1.54. The Morgan fingerprint density at radius 3 is 2.53 bits per heavy atom. The predicted molar refractivity (Wildman–Crippen MR) is 125 cm³/mol. The molecule has 0 aliphatic heterocycles. The first-order valence-corrected chi connectivity index (χ1v) is 11.3. The highest BCUT2D eigenvalue weighted by atomic mass is 16.5. The molecule has 30 heavy (non-hydrogen) atoms. The minimum atomic E-state index is 0.323. The van der Waals surface area contributed by atoms with Gasteiger partial charge in [-0.05, 0) is 83.0 Å². The van der Waals surface area contributed by atoms with Crippen LogP contribution in [0.2, 0.25) is 0 Å². The maximum Gasteiger partial charge on any atom is 0.0685 e. The quantitative estimate of drug-likeness (QED) is 0.462. The molecule has 0 fully saturated rings. The van der Waals surface area contributed by atoms with Crippen molar-refractivity contribution >= 4 is 6.08 Å². The zero-order valence-electron chi connectivity index (χ0n) is 17.9. The van der Waals surface area contributed by atoms with Crippen molar-refractivity contribution in [3.63, 3.8) is 0 Å². The van der Waals surface area contributed by atoms with Gasteiger partial charge in [-0.25, -0.2) is 0 Å². The van der Waals surface area contributed by atoms with E-state index < -0.39 is 0 Å². The Labute approximate surface area is 180 Å². The highest BCUT2D eigenvalue weighted by molar-refractivity contribution is 5.70. The monoisotopic (exact) mass is 394 g/mol. The van der Waals surface area contributed by atoms with Crippen molar-refractivity contribution in [2.75, 3.05) is 13.7 Å². The van der Waals surface area contributed by atoms with E-state index in [9.17, 15) is 0 Å². The summed E-state index contributed by atoms with van der Waals surface area (Å²) in [5, 5.41) is 0.